The first-order chi connectivity index (χ1) is 9.53. The van der Waals surface area contributed by atoms with Gasteiger partial charge < -0.3 is 14.8 Å². The van der Waals surface area contributed by atoms with Crippen LogP contribution in [0.15, 0.2) is 16.6 Å². The van der Waals surface area contributed by atoms with Gasteiger partial charge in [-0.25, -0.2) is 0 Å². The number of halogens is 1. The average Bonchev–Trinajstić information content (AvgIpc) is 2.38. The van der Waals surface area contributed by atoms with E-state index in [4.69, 9.17) is 9.47 Å². The van der Waals surface area contributed by atoms with E-state index in [0.29, 0.717) is 24.7 Å². The van der Waals surface area contributed by atoms with Crippen LogP contribution in [0.3, 0.4) is 0 Å². The molecule has 0 radical (unpaired) electrons. The number of nitrogens with one attached hydrogen (secondary N) is 1. The molecule has 0 amide bonds. The third kappa shape index (κ3) is 3.19. The van der Waals surface area contributed by atoms with Crippen LogP contribution < -0.4 is 14.8 Å². The van der Waals surface area contributed by atoms with Gasteiger partial charge in [0.2, 0.25) is 0 Å². The van der Waals surface area contributed by atoms with Crippen molar-refractivity contribution < 1.29 is 9.47 Å². The molecule has 0 spiro atoms. The fraction of sp³-hybridized carbons (Fsp3) is 0.600. The van der Waals surface area contributed by atoms with E-state index in [1.54, 1.807) is 0 Å². The molecule has 2 aliphatic rings. The molecule has 2 aliphatic heterocycles. The van der Waals surface area contributed by atoms with Crippen molar-refractivity contribution in [2.75, 3.05) is 30.0 Å². The Morgan fingerprint density at radius 1 is 1.25 bits per heavy atom. The van der Waals surface area contributed by atoms with Crippen molar-refractivity contribution in [3.8, 4) is 11.5 Å². The van der Waals surface area contributed by atoms with Gasteiger partial charge in [0.1, 0.15) is 13.2 Å². The molecular formula is C15H20BrNO2S. The summed E-state index contributed by atoms with van der Waals surface area (Å²) in [5, 5.41) is 3.65. The van der Waals surface area contributed by atoms with Crippen molar-refractivity contribution in [2.45, 2.75) is 26.3 Å². The van der Waals surface area contributed by atoms with Crippen LogP contribution in [0.1, 0.15) is 20.3 Å². The van der Waals surface area contributed by atoms with Crippen molar-refractivity contribution >= 4 is 33.4 Å². The van der Waals surface area contributed by atoms with Crippen molar-refractivity contribution in [3.05, 3.63) is 16.6 Å². The van der Waals surface area contributed by atoms with E-state index in [9.17, 15) is 0 Å². The molecular weight excluding hydrogens is 338 g/mol. The number of hydrogen-bond acceptors (Lipinski definition) is 4. The molecule has 0 saturated carbocycles. The molecule has 0 aliphatic carbocycles. The maximum absolute atomic E-state index is 5.66. The van der Waals surface area contributed by atoms with Crippen LogP contribution in [-0.4, -0.2) is 30.8 Å². The van der Waals surface area contributed by atoms with Crippen molar-refractivity contribution in [3.63, 3.8) is 0 Å². The molecule has 3 nitrogen and oxygen atoms in total. The highest BCUT2D eigenvalue weighted by molar-refractivity contribution is 9.10. The fourth-order valence-corrected chi connectivity index (χ4v) is 4.46. The number of benzene rings is 1. The van der Waals surface area contributed by atoms with Crippen LogP contribution >= 0.6 is 27.7 Å². The van der Waals surface area contributed by atoms with Gasteiger partial charge in [-0.3, -0.25) is 0 Å². The first-order valence-electron chi connectivity index (χ1n) is 6.97. The summed E-state index contributed by atoms with van der Waals surface area (Å²) < 4.78 is 12.3. The fourth-order valence-electron chi connectivity index (χ4n) is 2.75. The SMILES string of the molecule is CC1(C)CSCC(Nc2cc3c(cc2Br)OCCO3)C1. The second kappa shape index (κ2) is 5.68. The molecule has 1 N–H and O–H groups in total. The molecule has 20 heavy (non-hydrogen) atoms. The summed E-state index contributed by atoms with van der Waals surface area (Å²) in [6, 6.07) is 4.55. The van der Waals surface area contributed by atoms with E-state index in [1.165, 1.54) is 12.2 Å². The third-order valence-electron chi connectivity index (χ3n) is 3.60. The Balaban J connectivity index is 1.77. The minimum absolute atomic E-state index is 0.404. The van der Waals surface area contributed by atoms with Gasteiger partial charge in [-0.15, -0.1) is 0 Å². The number of hydrogen-bond donors (Lipinski definition) is 1. The molecule has 1 fully saturated rings. The maximum Gasteiger partial charge on any atom is 0.163 e. The minimum Gasteiger partial charge on any atom is -0.486 e. The minimum atomic E-state index is 0.404. The van der Waals surface area contributed by atoms with E-state index in [0.717, 1.165) is 27.4 Å². The van der Waals surface area contributed by atoms with E-state index >= 15 is 0 Å². The summed E-state index contributed by atoms with van der Waals surface area (Å²) in [6.07, 6.45) is 1.20. The first-order valence-corrected chi connectivity index (χ1v) is 8.92. The summed E-state index contributed by atoms with van der Waals surface area (Å²) in [6.45, 7) is 5.93. The van der Waals surface area contributed by atoms with Gasteiger partial charge in [0.25, 0.3) is 0 Å². The molecule has 1 aromatic carbocycles. The molecule has 0 aromatic heterocycles. The molecule has 3 rings (SSSR count). The Kier molecular flexibility index (Phi) is 4.09. The largest absolute Gasteiger partial charge is 0.486 e. The monoisotopic (exact) mass is 357 g/mol. The quantitative estimate of drug-likeness (QED) is 0.860. The lowest BCUT2D eigenvalue weighted by Gasteiger charge is -2.36. The lowest BCUT2D eigenvalue weighted by Crippen LogP contribution is -2.35. The van der Waals surface area contributed by atoms with Crippen molar-refractivity contribution in [1.82, 2.24) is 0 Å². The lowest BCUT2D eigenvalue weighted by atomic mass is 9.88. The van der Waals surface area contributed by atoms with Gasteiger partial charge in [0.15, 0.2) is 11.5 Å². The van der Waals surface area contributed by atoms with Gasteiger partial charge in [0, 0.05) is 28.4 Å². The topological polar surface area (TPSA) is 30.5 Å². The van der Waals surface area contributed by atoms with Crippen LogP contribution in [0.4, 0.5) is 5.69 Å². The highest BCUT2D eigenvalue weighted by Gasteiger charge is 2.29. The highest BCUT2D eigenvalue weighted by atomic mass is 79.9. The summed E-state index contributed by atoms with van der Waals surface area (Å²) in [7, 11) is 0. The Morgan fingerprint density at radius 3 is 2.65 bits per heavy atom. The Morgan fingerprint density at radius 2 is 1.95 bits per heavy atom. The van der Waals surface area contributed by atoms with Crippen LogP contribution in [-0.2, 0) is 0 Å². The van der Waals surface area contributed by atoms with Crippen LogP contribution in [0.25, 0.3) is 0 Å². The second-order valence-corrected chi connectivity index (χ2v) is 8.09. The van der Waals surface area contributed by atoms with Crippen molar-refractivity contribution in [2.24, 2.45) is 5.41 Å². The van der Waals surface area contributed by atoms with Gasteiger partial charge in [-0.1, -0.05) is 13.8 Å². The van der Waals surface area contributed by atoms with E-state index in [1.807, 2.05) is 23.9 Å². The third-order valence-corrected chi connectivity index (χ3v) is 5.88. The number of anilines is 1. The molecule has 1 saturated heterocycles. The second-order valence-electron chi connectivity index (χ2n) is 6.20. The summed E-state index contributed by atoms with van der Waals surface area (Å²) in [5.41, 5.74) is 1.50. The van der Waals surface area contributed by atoms with E-state index in [-0.39, 0.29) is 0 Å². The summed E-state index contributed by atoms with van der Waals surface area (Å²) in [4.78, 5) is 0. The predicted molar refractivity (Wildman–Crippen MR) is 88.3 cm³/mol. The average molecular weight is 358 g/mol. The zero-order chi connectivity index (χ0) is 14.2. The number of fused-ring (bicyclic) bond motifs is 1. The molecule has 0 bridgehead atoms. The normalized spacial score (nSPS) is 24.2. The Labute approximate surface area is 132 Å². The number of rotatable bonds is 2. The van der Waals surface area contributed by atoms with Crippen molar-refractivity contribution in [1.29, 1.82) is 0 Å². The predicted octanol–water partition coefficient (Wildman–Crippen LogP) is 4.16. The highest BCUT2D eigenvalue weighted by Crippen LogP contribution is 2.40. The van der Waals surface area contributed by atoms with Gasteiger partial charge in [0.05, 0.1) is 5.69 Å². The molecule has 1 unspecified atom stereocenters. The van der Waals surface area contributed by atoms with Gasteiger partial charge >= 0.3 is 0 Å². The maximum atomic E-state index is 5.66. The van der Waals surface area contributed by atoms with Gasteiger partial charge in [-0.05, 0) is 33.5 Å². The smallest absolute Gasteiger partial charge is 0.163 e. The first kappa shape index (κ1) is 14.4. The van der Waals surface area contributed by atoms with E-state index in [2.05, 4.69) is 35.1 Å². The zero-order valence-electron chi connectivity index (χ0n) is 11.9. The lowest BCUT2D eigenvalue weighted by molar-refractivity contribution is 0.171. The molecule has 1 atom stereocenters. The molecule has 5 heteroatoms. The van der Waals surface area contributed by atoms with Crippen LogP contribution in [0.5, 0.6) is 11.5 Å². The molecule has 1 aromatic rings. The Bertz CT molecular complexity index is 507. The van der Waals surface area contributed by atoms with E-state index < -0.39 is 0 Å². The molecule has 2 heterocycles. The number of thioether (sulfide) groups is 1. The molecule has 110 valence electrons. The Hall–Kier alpha value is -0.550. The van der Waals surface area contributed by atoms with Crippen LogP contribution in [0, 0.1) is 5.41 Å². The van der Waals surface area contributed by atoms with Gasteiger partial charge in [-0.2, -0.15) is 11.8 Å². The standard InChI is InChI=1S/C15H20BrNO2S/c1-15(2)7-10(8-20-9-15)17-12-6-14-13(5-11(12)16)18-3-4-19-14/h5-6,10,17H,3-4,7-9H2,1-2H3. The zero-order valence-corrected chi connectivity index (χ0v) is 14.3. The number of ether oxygens (including phenoxy) is 2. The summed E-state index contributed by atoms with van der Waals surface area (Å²) >= 11 is 5.66. The summed E-state index contributed by atoms with van der Waals surface area (Å²) in [5.74, 6) is 4.06. The van der Waals surface area contributed by atoms with Crippen LogP contribution in [0.2, 0.25) is 0 Å².